The molecular weight excluding hydrogens is 323 g/mol. The Bertz CT molecular complexity index is 646. The van der Waals surface area contributed by atoms with Crippen molar-refractivity contribution in [1.29, 1.82) is 5.26 Å². The molecule has 1 N–H and O–H groups in total. The molecule has 2 rings (SSSR count). The maximum Gasteiger partial charge on any atom is 0.0996 e. The highest BCUT2D eigenvalue weighted by molar-refractivity contribution is 7.20. The van der Waals surface area contributed by atoms with E-state index < -0.39 is 0 Å². The zero-order valence-electron chi connectivity index (χ0n) is 9.88. The maximum atomic E-state index is 8.89. The molecule has 98 valence electrons. The number of hydrogen-bond donors (Lipinski definition) is 1. The third-order valence-electron chi connectivity index (χ3n) is 2.62. The van der Waals surface area contributed by atoms with Crippen molar-refractivity contribution < 1.29 is 0 Å². The van der Waals surface area contributed by atoms with Crippen LogP contribution in [0, 0.1) is 11.3 Å². The van der Waals surface area contributed by atoms with E-state index in [1.54, 1.807) is 18.2 Å². The van der Waals surface area contributed by atoms with Gasteiger partial charge in [0.2, 0.25) is 0 Å². The molecule has 2 aromatic rings. The van der Waals surface area contributed by atoms with Crippen molar-refractivity contribution in [2.24, 2.45) is 0 Å². The van der Waals surface area contributed by atoms with Crippen molar-refractivity contribution in [3.63, 3.8) is 0 Å². The summed E-state index contributed by atoms with van der Waals surface area (Å²) >= 11 is 19.5. The van der Waals surface area contributed by atoms with Crippen LogP contribution in [0.5, 0.6) is 0 Å². The normalized spacial score (nSPS) is 11.9. The zero-order chi connectivity index (χ0) is 14.0. The first kappa shape index (κ1) is 14.5. The molecule has 1 atom stereocenters. The summed E-state index contributed by atoms with van der Waals surface area (Å²) in [7, 11) is 0. The van der Waals surface area contributed by atoms with Crippen molar-refractivity contribution in [3.05, 3.63) is 49.1 Å². The van der Waals surface area contributed by atoms with Gasteiger partial charge in [-0.25, -0.2) is 0 Å². The second-order valence-electron chi connectivity index (χ2n) is 3.95. The summed E-state index contributed by atoms with van der Waals surface area (Å²) in [5.74, 6) is 0. The largest absolute Gasteiger partial charge is 0.377 e. The number of nitriles is 1. The Morgan fingerprint density at radius 2 is 2.00 bits per heavy atom. The molecule has 1 aromatic carbocycles. The van der Waals surface area contributed by atoms with Crippen LogP contribution in [0.2, 0.25) is 13.7 Å². The van der Waals surface area contributed by atoms with Gasteiger partial charge in [-0.15, -0.1) is 11.3 Å². The van der Waals surface area contributed by atoms with Crippen LogP contribution in [0.3, 0.4) is 0 Å². The van der Waals surface area contributed by atoms with Gasteiger partial charge >= 0.3 is 0 Å². The van der Waals surface area contributed by atoms with E-state index in [1.165, 1.54) is 11.3 Å². The number of thiophene rings is 1. The average Bonchev–Trinajstić information content (AvgIpc) is 2.71. The van der Waals surface area contributed by atoms with E-state index in [9.17, 15) is 0 Å². The number of nitrogens with one attached hydrogen (secondary N) is 1. The number of rotatable bonds is 3. The number of anilines is 1. The molecule has 0 saturated carbocycles. The monoisotopic (exact) mass is 330 g/mol. The van der Waals surface area contributed by atoms with Crippen molar-refractivity contribution in [1.82, 2.24) is 0 Å². The highest BCUT2D eigenvalue weighted by Gasteiger charge is 2.14. The quantitative estimate of drug-likeness (QED) is 0.777. The highest BCUT2D eigenvalue weighted by Crippen LogP contribution is 2.37. The molecular formula is C13H9Cl3N2S. The van der Waals surface area contributed by atoms with Crippen molar-refractivity contribution in [2.45, 2.75) is 13.0 Å². The van der Waals surface area contributed by atoms with E-state index in [0.29, 0.717) is 24.9 Å². The lowest BCUT2D eigenvalue weighted by atomic mass is 10.1. The fourth-order valence-electron chi connectivity index (χ4n) is 1.66. The van der Waals surface area contributed by atoms with Gasteiger partial charge in [-0.05, 0) is 31.2 Å². The van der Waals surface area contributed by atoms with Gasteiger partial charge in [0.1, 0.15) is 0 Å². The lowest BCUT2D eigenvalue weighted by molar-refractivity contribution is 0.891. The average molecular weight is 332 g/mol. The number of halogens is 3. The first-order valence-corrected chi connectivity index (χ1v) is 7.37. The number of nitrogens with zero attached hydrogens (tertiary/aromatic N) is 1. The molecule has 6 heteroatoms. The summed E-state index contributed by atoms with van der Waals surface area (Å²) in [5, 5.41) is 12.7. The summed E-state index contributed by atoms with van der Waals surface area (Å²) in [6.45, 7) is 1.96. The molecule has 0 saturated heterocycles. The van der Waals surface area contributed by atoms with Crippen molar-refractivity contribution in [3.8, 4) is 6.07 Å². The Kier molecular flexibility index (Phi) is 4.59. The second-order valence-corrected chi connectivity index (χ2v) is 6.64. The highest BCUT2D eigenvalue weighted by atomic mass is 35.5. The maximum absolute atomic E-state index is 8.89. The van der Waals surface area contributed by atoms with Crippen molar-refractivity contribution >= 4 is 51.8 Å². The second kappa shape index (κ2) is 6.02. The van der Waals surface area contributed by atoms with Gasteiger partial charge in [-0.2, -0.15) is 5.26 Å². The predicted molar refractivity (Wildman–Crippen MR) is 82.5 cm³/mol. The topological polar surface area (TPSA) is 35.8 Å². The van der Waals surface area contributed by atoms with Crippen LogP contribution in [0.4, 0.5) is 5.69 Å². The molecule has 0 radical (unpaired) electrons. The van der Waals surface area contributed by atoms with E-state index in [1.807, 2.05) is 13.0 Å². The Labute approximate surface area is 130 Å². The van der Waals surface area contributed by atoms with Gasteiger partial charge in [0.25, 0.3) is 0 Å². The lowest BCUT2D eigenvalue weighted by Gasteiger charge is -2.16. The number of benzene rings is 1. The van der Waals surface area contributed by atoms with Gasteiger partial charge < -0.3 is 5.32 Å². The van der Waals surface area contributed by atoms with Gasteiger partial charge in [0, 0.05) is 5.56 Å². The van der Waals surface area contributed by atoms with Gasteiger partial charge in [-0.1, -0.05) is 34.8 Å². The van der Waals surface area contributed by atoms with Crippen LogP contribution in [0.1, 0.15) is 24.1 Å². The van der Waals surface area contributed by atoms with E-state index in [4.69, 9.17) is 40.1 Å². The smallest absolute Gasteiger partial charge is 0.0996 e. The Hall–Kier alpha value is -0.920. The standard InChI is InChI=1S/C13H9Cl3N2S/c1-7(9-5-12(15)19-13(9)16)18-11-4-8(6-17)2-3-10(11)14/h2-5,7,18H,1H3. The summed E-state index contributed by atoms with van der Waals surface area (Å²) in [5.41, 5.74) is 2.16. The minimum atomic E-state index is -0.0531. The van der Waals surface area contributed by atoms with Crippen LogP contribution < -0.4 is 5.32 Å². The van der Waals surface area contributed by atoms with Crippen LogP contribution >= 0.6 is 46.1 Å². The van der Waals surface area contributed by atoms with Gasteiger partial charge in [0.05, 0.1) is 37.1 Å². The fraction of sp³-hybridized carbons (Fsp3) is 0.154. The van der Waals surface area contributed by atoms with Gasteiger partial charge in [-0.3, -0.25) is 0 Å². The molecule has 1 heterocycles. The third-order valence-corrected chi connectivity index (χ3v) is 4.46. The molecule has 0 aliphatic rings. The molecule has 0 aliphatic carbocycles. The third kappa shape index (κ3) is 3.34. The van der Waals surface area contributed by atoms with Crippen LogP contribution in [0.25, 0.3) is 0 Å². The Morgan fingerprint density at radius 1 is 1.26 bits per heavy atom. The summed E-state index contributed by atoms with van der Waals surface area (Å²) < 4.78 is 1.29. The predicted octanol–water partition coefficient (Wildman–Crippen LogP) is 5.75. The molecule has 0 aliphatic heterocycles. The fourth-order valence-corrected chi connectivity index (χ4v) is 3.48. The SMILES string of the molecule is CC(Nc1cc(C#N)ccc1Cl)c1cc(Cl)sc1Cl. The molecule has 2 nitrogen and oxygen atoms in total. The van der Waals surface area contributed by atoms with Crippen LogP contribution in [-0.4, -0.2) is 0 Å². The minimum Gasteiger partial charge on any atom is -0.377 e. The zero-order valence-corrected chi connectivity index (χ0v) is 13.0. The van der Waals surface area contributed by atoms with E-state index in [0.717, 1.165) is 5.56 Å². The summed E-state index contributed by atoms with van der Waals surface area (Å²) in [6.07, 6.45) is 0. The Balaban J connectivity index is 2.26. The summed E-state index contributed by atoms with van der Waals surface area (Å²) in [6, 6.07) is 8.93. The van der Waals surface area contributed by atoms with E-state index in [2.05, 4.69) is 11.4 Å². The molecule has 1 unspecified atom stereocenters. The molecule has 1 aromatic heterocycles. The molecule has 0 fully saturated rings. The minimum absolute atomic E-state index is 0.0531. The Morgan fingerprint density at radius 3 is 2.58 bits per heavy atom. The van der Waals surface area contributed by atoms with Crippen LogP contribution in [-0.2, 0) is 0 Å². The first-order chi connectivity index (χ1) is 9.01. The molecule has 0 spiro atoms. The molecule has 0 bridgehead atoms. The first-order valence-electron chi connectivity index (χ1n) is 5.42. The number of hydrogen-bond acceptors (Lipinski definition) is 3. The van der Waals surface area contributed by atoms with Crippen molar-refractivity contribution in [2.75, 3.05) is 5.32 Å². The van der Waals surface area contributed by atoms with Gasteiger partial charge in [0.15, 0.2) is 0 Å². The molecule has 0 amide bonds. The van der Waals surface area contributed by atoms with Crippen LogP contribution in [0.15, 0.2) is 24.3 Å². The van der Waals surface area contributed by atoms with E-state index >= 15 is 0 Å². The molecule has 19 heavy (non-hydrogen) atoms. The lowest BCUT2D eigenvalue weighted by Crippen LogP contribution is -2.06. The summed E-state index contributed by atoms with van der Waals surface area (Å²) in [4.78, 5) is 0. The van der Waals surface area contributed by atoms with E-state index in [-0.39, 0.29) is 6.04 Å².